The Morgan fingerprint density at radius 1 is 0.743 bits per heavy atom. The zero-order valence-corrected chi connectivity index (χ0v) is 46.5. The van der Waals surface area contributed by atoms with Crippen LogP contribution in [-0.4, -0.2) is 81.4 Å². The monoisotopic (exact) mass is 982 g/mol. The summed E-state index contributed by atoms with van der Waals surface area (Å²) in [5.41, 5.74) is 5.30. The molecule has 2 aliphatic carbocycles. The van der Waals surface area contributed by atoms with E-state index in [0.717, 1.165) is 60.4 Å². The molecule has 0 radical (unpaired) electrons. The van der Waals surface area contributed by atoms with Gasteiger partial charge in [0.15, 0.2) is 0 Å². The van der Waals surface area contributed by atoms with Crippen molar-refractivity contribution in [3.05, 3.63) is 63.6 Å². The SMILES string of the molecule is CCCCCCCCCCCCSCCC(=O)Nc1cc2c(cc1C1=C(O)C(=C3C=C4C(=CC3=NC(=O)CCC(=O)NCC(CC)CCCC)N(C(C)C)C(C)C4(C)C)C1=O)C(C)(C)C(C)N2C(C)C. The molecule has 1 aromatic rings. The number of ketones is 1. The number of hydrogen-bond acceptors (Lipinski definition) is 8. The van der Waals surface area contributed by atoms with Gasteiger partial charge in [-0.2, -0.15) is 11.8 Å². The maximum atomic E-state index is 14.9. The number of aliphatic hydroxyl groups excluding tert-OH is 1. The number of anilines is 2. The highest BCUT2D eigenvalue weighted by Gasteiger charge is 2.49. The number of likely N-dealkylation sites (tertiary alicyclic amines) is 1. The van der Waals surface area contributed by atoms with Crippen LogP contribution in [0.2, 0.25) is 0 Å². The molecule has 1 saturated heterocycles. The van der Waals surface area contributed by atoms with Crippen LogP contribution in [0, 0.1) is 11.3 Å². The van der Waals surface area contributed by atoms with Gasteiger partial charge in [0.1, 0.15) is 5.76 Å². The Hall–Kier alpha value is -4.12. The Labute approximate surface area is 427 Å². The third-order valence-corrected chi connectivity index (χ3v) is 17.1. The van der Waals surface area contributed by atoms with Crippen LogP contribution >= 0.6 is 11.8 Å². The fraction of sp³-hybridized carbons (Fsp3) is 0.678. The third kappa shape index (κ3) is 13.1. The topological polar surface area (TPSA) is 131 Å². The van der Waals surface area contributed by atoms with Crippen LogP contribution in [0.15, 0.2) is 57.5 Å². The summed E-state index contributed by atoms with van der Waals surface area (Å²) in [7, 11) is 0. The molecule has 1 aromatic carbocycles. The standard InChI is InChI=1S/C59H91N5O5S/c1-14-17-19-20-21-22-23-24-25-26-31-70-32-30-53(67)62-48-36-50-46(59(12,13)41(9)64(50)39(6)7)34-44(48)55-56(68)54(57(55)69)43-33-45-49(63(38(4)5)40(8)58(45,10)11)35-47(43)61-52(66)29-28-51(65)60-37-42(16-3)27-18-15-2/h33-36,38-42,68H,14-32,37H2,1-13H3,(H,60,65)(H,62,67). The lowest BCUT2D eigenvalue weighted by molar-refractivity contribution is -0.125. The lowest BCUT2D eigenvalue weighted by Crippen LogP contribution is -2.42. The van der Waals surface area contributed by atoms with Gasteiger partial charge in [-0.05, 0) is 101 Å². The molecule has 0 bridgehead atoms. The zero-order chi connectivity index (χ0) is 51.5. The van der Waals surface area contributed by atoms with E-state index in [2.05, 4.69) is 115 Å². The first-order chi connectivity index (χ1) is 33.2. The van der Waals surface area contributed by atoms with Gasteiger partial charge in [0.05, 0.1) is 22.5 Å². The second-order valence-electron chi connectivity index (χ2n) is 22.3. The lowest BCUT2D eigenvalue weighted by Gasteiger charge is -2.34. The highest BCUT2D eigenvalue weighted by atomic mass is 32.2. The second-order valence-corrected chi connectivity index (χ2v) is 23.6. The number of aliphatic imine (C=N–C) groups is 1. The smallest absolute Gasteiger partial charge is 0.246 e. The molecule has 11 heteroatoms. The van der Waals surface area contributed by atoms with Gasteiger partial charge in [-0.25, -0.2) is 4.99 Å². The van der Waals surface area contributed by atoms with Crippen molar-refractivity contribution in [3.8, 4) is 0 Å². The van der Waals surface area contributed by atoms with Gasteiger partial charge in [-0.3, -0.25) is 19.2 Å². The minimum Gasteiger partial charge on any atom is -0.506 e. The number of thioether (sulfide) groups is 1. The number of carbonyl (C=O) groups is 4. The highest BCUT2D eigenvalue weighted by Crippen LogP contribution is 2.53. The Balaban J connectivity index is 1.44. The number of fused-ring (bicyclic) bond motifs is 2. The van der Waals surface area contributed by atoms with Crippen LogP contribution in [0.25, 0.3) is 5.57 Å². The molecule has 3 atom stereocenters. The average molecular weight is 982 g/mol. The molecule has 388 valence electrons. The largest absolute Gasteiger partial charge is 0.506 e. The zero-order valence-electron chi connectivity index (χ0n) is 45.7. The summed E-state index contributed by atoms with van der Waals surface area (Å²) < 4.78 is 0. The number of rotatable bonds is 27. The van der Waals surface area contributed by atoms with Crippen LogP contribution in [0.1, 0.15) is 210 Å². The summed E-state index contributed by atoms with van der Waals surface area (Å²) >= 11 is 1.81. The molecule has 10 nitrogen and oxygen atoms in total. The molecule has 3 unspecified atom stereocenters. The molecular formula is C59H91N5O5S. The van der Waals surface area contributed by atoms with Crippen LogP contribution in [0.4, 0.5) is 11.4 Å². The van der Waals surface area contributed by atoms with Crippen molar-refractivity contribution in [2.24, 2.45) is 16.3 Å². The Kier molecular flexibility index (Phi) is 20.7. The van der Waals surface area contributed by atoms with Crippen molar-refractivity contribution in [1.82, 2.24) is 10.2 Å². The predicted molar refractivity (Wildman–Crippen MR) is 295 cm³/mol. The van der Waals surface area contributed by atoms with Crippen molar-refractivity contribution in [2.45, 2.75) is 229 Å². The van der Waals surface area contributed by atoms with Gasteiger partial charge >= 0.3 is 0 Å². The van der Waals surface area contributed by atoms with E-state index in [-0.39, 0.29) is 82.3 Å². The molecule has 2 heterocycles. The summed E-state index contributed by atoms with van der Waals surface area (Å²) in [6.45, 7) is 28.9. The number of hydrogen-bond donors (Lipinski definition) is 3. The first-order valence-corrected chi connectivity index (χ1v) is 28.6. The van der Waals surface area contributed by atoms with Crippen LogP contribution in [0.3, 0.4) is 0 Å². The number of Topliss-reactive ketones (excluding diaryl/α,β-unsaturated/α-hetero) is 1. The number of benzene rings is 1. The number of nitrogens with zero attached hydrogens (tertiary/aromatic N) is 3. The van der Waals surface area contributed by atoms with E-state index >= 15 is 0 Å². The molecular weight excluding hydrogens is 891 g/mol. The number of allylic oxidation sites excluding steroid dienone is 6. The van der Waals surface area contributed by atoms with Crippen LogP contribution in [0.5, 0.6) is 0 Å². The normalized spacial score (nSPS) is 21.3. The minimum atomic E-state index is -0.469. The fourth-order valence-corrected chi connectivity index (χ4v) is 12.0. The molecule has 0 spiro atoms. The summed E-state index contributed by atoms with van der Waals surface area (Å²) in [6.07, 6.45) is 21.3. The van der Waals surface area contributed by atoms with Crippen molar-refractivity contribution in [1.29, 1.82) is 0 Å². The van der Waals surface area contributed by atoms with E-state index in [1.54, 1.807) is 0 Å². The Morgan fingerprint density at radius 2 is 1.36 bits per heavy atom. The predicted octanol–water partition coefficient (Wildman–Crippen LogP) is 13.8. The van der Waals surface area contributed by atoms with Crippen molar-refractivity contribution >= 4 is 57.9 Å². The van der Waals surface area contributed by atoms with Crippen LogP contribution in [-0.2, 0) is 24.6 Å². The van der Waals surface area contributed by atoms with E-state index in [0.29, 0.717) is 47.2 Å². The van der Waals surface area contributed by atoms with Gasteiger partial charge in [0.25, 0.3) is 0 Å². The molecule has 0 aromatic heterocycles. The first-order valence-electron chi connectivity index (χ1n) is 27.4. The average Bonchev–Trinajstić information content (AvgIpc) is 3.62. The number of carbonyl (C=O) groups excluding carboxylic acids is 4. The van der Waals surface area contributed by atoms with E-state index in [1.165, 1.54) is 57.8 Å². The van der Waals surface area contributed by atoms with E-state index in [4.69, 9.17) is 0 Å². The van der Waals surface area contributed by atoms with Crippen molar-refractivity contribution in [2.75, 3.05) is 28.3 Å². The van der Waals surface area contributed by atoms with Crippen LogP contribution < -0.4 is 15.5 Å². The van der Waals surface area contributed by atoms with Gasteiger partial charge in [0.2, 0.25) is 23.5 Å². The molecule has 4 aliphatic rings. The van der Waals surface area contributed by atoms with E-state index in [9.17, 15) is 24.3 Å². The summed E-state index contributed by atoms with van der Waals surface area (Å²) in [5, 5.41) is 18.5. The second kappa shape index (κ2) is 25.5. The number of unbranched alkanes of at least 4 members (excludes halogenated alkanes) is 10. The van der Waals surface area contributed by atoms with E-state index < -0.39 is 5.91 Å². The third-order valence-electron chi connectivity index (χ3n) is 16.0. The molecule has 3 N–H and O–H groups in total. The Bertz CT molecular complexity index is 2210. The van der Waals surface area contributed by atoms with Gasteiger partial charge in [-0.15, -0.1) is 0 Å². The summed E-state index contributed by atoms with van der Waals surface area (Å²) in [5.74, 6) is 0.795. The number of nitrogens with one attached hydrogen (secondary N) is 2. The molecule has 2 aliphatic heterocycles. The first kappa shape index (κ1) is 56.8. The summed E-state index contributed by atoms with van der Waals surface area (Å²) in [4.78, 5) is 64.7. The van der Waals surface area contributed by atoms with Gasteiger partial charge in [-0.1, -0.05) is 126 Å². The molecule has 3 amide bonds. The highest BCUT2D eigenvalue weighted by molar-refractivity contribution is 7.99. The maximum absolute atomic E-state index is 14.9. The molecule has 5 rings (SSSR count). The summed E-state index contributed by atoms with van der Waals surface area (Å²) in [6, 6.07) is 4.57. The lowest BCUT2D eigenvalue weighted by atomic mass is 9.73. The van der Waals surface area contributed by atoms with E-state index in [1.807, 2.05) is 36.0 Å². The molecule has 70 heavy (non-hydrogen) atoms. The quantitative estimate of drug-likeness (QED) is 0.0587. The van der Waals surface area contributed by atoms with Gasteiger partial charge < -0.3 is 25.5 Å². The number of amides is 3. The number of aliphatic hydroxyl groups is 1. The maximum Gasteiger partial charge on any atom is 0.246 e. The fourth-order valence-electron chi connectivity index (χ4n) is 11.0. The molecule has 0 saturated carbocycles. The Morgan fingerprint density at radius 3 is 1.96 bits per heavy atom. The molecule has 1 fully saturated rings. The van der Waals surface area contributed by atoms with Gasteiger partial charge in [0, 0.05) is 89.1 Å². The minimum absolute atomic E-state index is 0.00782. The van der Waals surface area contributed by atoms with Crippen molar-refractivity contribution in [3.63, 3.8) is 0 Å². The van der Waals surface area contributed by atoms with Crippen molar-refractivity contribution < 1.29 is 24.3 Å².